The van der Waals surface area contributed by atoms with Gasteiger partial charge in [0.25, 0.3) is 0 Å². The van der Waals surface area contributed by atoms with Crippen molar-refractivity contribution in [3.63, 3.8) is 0 Å². The molecule has 0 saturated carbocycles. The number of carbonyl (C=O) groups is 2. The summed E-state index contributed by atoms with van der Waals surface area (Å²) in [6.07, 6.45) is 0.0141. The molecule has 0 amide bonds. The Hall–Kier alpha value is -0.960. The van der Waals surface area contributed by atoms with Crippen LogP contribution in [0.2, 0.25) is 0 Å². The van der Waals surface area contributed by atoms with Crippen LogP contribution in [0, 0.1) is 5.41 Å². The lowest BCUT2D eigenvalue weighted by molar-refractivity contribution is -0.125. The van der Waals surface area contributed by atoms with Gasteiger partial charge in [0.05, 0.1) is 6.42 Å². The predicted octanol–water partition coefficient (Wildman–Crippen LogP) is 2.94. The smallest absolute Gasteiger partial charge is 0.171 e. The maximum absolute atomic E-state index is 11.6. The first-order chi connectivity index (χ1) is 6.41. The zero-order valence-corrected chi connectivity index (χ0v) is 9.48. The lowest BCUT2D eigenvalue weighted by Crippen LogP contribution is -2.22. The zero-order valence-electron chi connectivity index (χ0n) is 8.66. The molecule has 0 aliphatic heterocycles. The van der Waals surface area contributed by atoms with Crippen LogP contribution in [0.25, 0.3) is 0 Å². The molecule has 3 heteroatoms. The third kappa shape index (κ3) is 2.77. The molecule has 0 aliphatic carbocycles. The first-order valence-corrected chi connectivity index (χ1v) is 5.44. The van der Waals surface area contributed by atoms with Gasteiger partial charge in [0.1, 0.15) is 5.78 Å². The van der Waals surface area contributed by atoms with Crippen molar-refractivity contribution in [1.29, 1.82) is 0 Å². The lowest BCUT2D eigenvalue weighted by atomic mass is 9.87. The predicted molar refractivity (Wildman–Crippen MR) is 57.7 cm³/mol. The highest BCUT2D eigenvalue weighted by Crippen LogP contribution is 2.19. The van der Waals surface area contributed by atoms with Gasteiger partial charge in [-0.1, -0.05) is 20.8 Å². The largest absolute Gasteiger partial charge is 0.299 e. The standard InChI is InChI=1S/C11H14O2S/c1-11(2,3)10(13)6-9(12)8-4-5-14-7-8/h4-5,7H,6H2,1-3H3. The molecule has 0 bridgehead atoms. The molecule has 0 radical (unpaired) electrons. The zero-order chi connectivity index (χ0) is 10.8. The maximum atomic E-state index is 11.6. The molecule has 1 aromatic rings. The summed E-state index contributed by atoms with van der Waals surface area (Å²) in [5.74, 6) is -0.0834. The van der Waals surface area contributed by atoms with Gasteiger partial charge in [-0.3, -0.25) is 9.59 Å². The number of hydrogen-bond acceptors (Lipinski definition) is 3. The van der Waals surface area contributed by atoms with Crippen molar-refractivity contribution in [3.05, 3.63) is 22.4 Å². The van der Waals surface area contributed by atoms with Crippen molar-refractivity contribution < 1.29 is 9.59 Å². The van der Waals surface area contributed by atoms with E-state index in [9.17, 15) is 9.59 Å². The van der Waals surface area contributed by atoms with Crippen molar-refractivity contribution in [1.82, 2.24) is 0 Å². The summed E-state index contributed by atoms with van der Waals surface area (Å²) in [6, 6.07) is 1.75. The number of hydrogen-bond donors (Lipinski definition) is 0. The van der Waals surface area contributed by atoms with Crippen LogP contribution in [-0.4, -0.2) is 11.6 Å². The molecule has 1 rings (SSSR count). The molecule has 14 heavy (non-hydrogen) atoms. The van der Waals surface area contributed by atoms with Gasteiger partial charge in [0.15, 0.2) is 5.78 Å². The summed E-state index contributed by atoms with van der Waals surface area (Å²) in [4.78, 5) is 23.1. The Morgan fingerprint density at radius 3 is 2.43 bits per heavy atom. The molecule has 0 fully saturated rings. The van der Waals surface area contributed by atoms with Crippen molar-refractivity contribution >= 4 is 22.9 Å². The molecule has 0 aromatic carbocycles. The van der Waals surface area contributed by atoms with Gasteiger partial charge in [-0.05, 0) is 11.4 Å². The van der Waals surface area contributed by atoms with E-state index in [1.165, 1.54) is 11.3 Å². The average molecular weight is 210 g/mol. The van der Waals surface area contributed by atoms with Gasteiger partial charge in [-0.2, -0.15) is 11.3 Å². The summed E-state index contributed by atoms with van der Waals surface area (Å²) >= 11 is 1.47. The Kier molecular flexibility index (Phi) is 3.21. The lowest BCUT2D eigenvalue weighted by Gasteiger charge is -2.15. The molecule has 0 spiro atoms. The third-order valence-corrected chi connectivity index (χ3v) is 2.68. The van der Waals surface area contributed by atoms with Crippen LogP contribution >= 0.6 is 11.3 Å². The molecule has 0 saturated heterocycles. The minimum absolute atomic E-state index is 0.00583. The SMILES string of the molecule is CC(C)(C)C(=O)CC(=O)c1ccsc1. The van der Waals surface area contributed by atoms with Crippen molar-refractivity contribution in [2.75, 3.05) is 0 Å². The molecule has 2 nitrogen and oxygen atoms in total. The van der Waals surface area contributed by atoms with E-state index in [0.29, 0.717) is 5.56 Å². The number of carbonyl (C=O) groups excluding carboxylic acids is 2. The monoisotopic (exact) mass is 210 g/mol. The number of ketones is 2. The van der Waals surface area contributed by atoms with Crippen LogP contribution in [0.5, 0.6) is 0 Å². The molecule has 0 atom stereocenters. The highest BCUT2D eigenvalue weighted by atomic mass is 32.1. The fourth-order valence-electron chi connectivity index (χ4n) is 0.936. The normalized spacial score (nSPS) is 11.4. The van der Waals surface area contributed by atoms with Crippen LogP contribution in [-0.2, 0) is 4.79 Å². The Balaban J connectivity index is 2.63. The molecular formula is C11H14O2S. The number of rotatable bonds is 3. The molecular weight excluding hydrogens is 196 g/mol. The van der Waals surface area contributed by atoms with Crippen LogP contribution in [0.3, 0.4) is 0 Å². The third-order valence-electron chi connectivity index (χ3n) is 2.00. The van der Waals surface area contributed by atoms with Crippen molar-refractivity contribution in [3.8, 4) is 0 Å². The molecule has 0 unspecified atom stereocenters. The van der Waals surface area contributed by atoms with Crippen LogP contribution in [0.15, 0.2) is 16.8 Å². The maximum Gasteiger partial charge on any atom is 0.171 e. The van der Waals surface area contributed by atoms with E-state index in [4.69, 9.17) is 0 Å². The van der Waals surface area contributed by atoms with Crippen LogP contribution in [0.4, 0.5) is 0 Å². The fourth-order valence-corrected chi connectivity index (χ4v) is 1.60. The highest BCUT2D eigenvalue weighted by Gasteiger charge is 2.24. The molecule has 0 N–H and O–H groups in total. The van der Waals surface area contributed by atoms with Gasteiger partial charge in [0, 0.05) is 16.4 Å². The van der Waals surface area contributed by atoms with Crippen LogP contribution < -0.4 is 0 Å². The van der Waals surface area contributed by atoms with Crippen LogP contribution in [0.1, 0.15) is 37.6 Å². The first-order valence-electron chi connectivity index (χ1n) is 4.50. The minimum Gasteiger partial charge on any atom is -0.299 e. The minimum atomic E-state index is -0.425. The second-order valence-corrected chi connectivity index (χ2v) is 5.07. The van der Waals surface area contributed by atoms with E-state index in [0.717, 1.165) is 0 Å². The quantitative estimate of drug-likeness (QED) is 0.568. The average Bonchev–Trinajstić information content (AvgIpc) is 2.53. The van der Waals surface area contributed by atoms with E-state index in [1.807, 2.05) is 26.2 Å². The number of Topliss-reactive ketones (excluding diaryl/α,β-unsaturated/α-hetero) is 2. The molecule has 0 aliphatic rings. The summed E-state index contributed by atoms with van der Waals surface area (Å²) < 4.78 is 0. The molecule has 1 aromatic heterocycles. The Bertz CT molecular complexity index is 331. The Morgan fingerprint density at radius 2 is 2.00 bits per heavy atom. The van der Waals surface area contributed by atoms with Gasteiger partial charge >= 0.3 is 0 Å². The van der Waals surface area contributed by atoms with Crippen molar-refractivity contribution in [2.24, 2.45) is 5.41 Å². The highest BCUT2D eigenvalue weighted by molar-refractivity contribution is 7.08. The topological polar surface area (TPSA) is 34.1 Å². The van der Waals surface area contributed by atoms with Gasteiger partial charge in [0.2, 0.25) is 0 Å². The summed E-state index contributed by atoms with van der Waals surface area (Å²) in [6.45, 7) is 5.49. The van der Waals surface area contributed by atoms with E-state index < -0.39 is 5.41 Å². The summed E-state index contributed by atoms with van der Waals surface area (Å²) in [5.41, 5.74) is 0.221. The van der Waals surface area contributed by atoms with E-state index >= 15 is 0 Å². The second-order valence-electron chi connectivity index (χ2n) is 4.29. The summed E-state index contributed by atoms with van der Waals surface area (Å²) in [5, 5.41) is 3.62. The van der Waals surface area contributed by atoms with Gasteiger partial charge < -0.3 is 0 Å². The van der Waals surface area contributed by atoms with Gasteiger partial charge in [-0.15, -0.1) is 0 Å². The van der Waals surface area contributed by atoms with E-state index in [1.54, 1.807) is 11.4 Å². The van der Waals surface area contributed by atoms with E-state index in [2.05, 4.69) is 0 Å². The van der Waals surface area contributed by atoms with E-state index in [-0.39, 0.29) is 18.0 Å². The Labute approximate surface area is 87.9 Å². The Morgan fingerprint density at radius 1 is 1.36 bits per heavy atom. The fraction of sp³-hybridized carbons (Fsp3) is 0.455. The number of thiophene rings is 1. The molecule has 1 heterocycles. The second kappa shape index (κ2) is 4.05. The van der Waals surface area contributed by atoms with Gasteiger partial charge in [-0.25, -0.2) is 0 Å². The molecule has 76 valence electrons. The summed E-state index contributed by atoms with van der Waals surface area (Å²) in [7, 11) is 0. The first kappa shape index (κ1) is 11.1. The van der Waals surface area contributed by atoms with Crippen molar-refractivity contribution in [2.45, 2.75) is 27.2 Å².